The molecule has 1 unspecified atom stereocenters. The van der Waals surface area contributed by atoms with Crippen molar-refractivity contribution in [2.75, 3.05) is 23.0 Å². The number of aromatic nitrogens is 4. The Kier molecular flexibility index (Phi) is 4.98. The van der Waals surface area contributed by atoms with Crippen LogP contribution in [-0.4, -0.2) is 50.5 Å². The summed E-state index contributed by atoms with van der Waals surface area (Å²) in [6.45, 7) is 2.10. The summed E-state index contributed by atoms with van der Waals surface area (Å²) in [6, 6.07) is 2.45. The molecular weight excluding hydrogens is 376 g/mol. The Bertz CT molecular complexity index is 833. The summed E-state index contributed by atoms with van der Waals surface area (Å²) in [6.07, 6.45) is 0.358. The zero-order valence-electron chi connectivity index (χ0n) is 14.8. The van der Waals surface area contributed by atoms with Crippen LogP contribution in [0.1, 0.15) is 30.1 Å². The van der Waals surface area contributed by atoms with Gasteiger partial charge in [0.1, 0.15) is 24.3 Å². The van der Waals surface area contributed by atoms with E-state index in [0.29, 0.717) is 5.82 Å². The van der Waals surface area contributed by atoms with Gasteiger partial charge in [0, 0.05) is 5.56 Å². The average molecular weight is 395 g/mol. The Morgan fingerprint density at radius 2 is 1.96 bits per heavy atom. The number of ether oxygens (including phenoxy) is 1. The van der Waals surface area contributed by atoms with Gasteiger partial charge < -0.3 is 4.74 Å². The molecule has 0 N–H and O–H groups in total. The van der Waals surface area contributed by atoms with E-state index >= 15 is 0 Å². The number of halogens is 2. The van der Waals surface area contributed by atoms with Gasteiger partial charge in [-0.3, -0.25) is 4.90 Å². The van der Waals surface area contributed by atoms with Gasteiger partial charge in [0.05, 0.1) is 12.2 Å². The average Bonchev–Trinajstić information content (AvgIpc) is 3.20. The molecule has 3 heterocycles. The number of hydrogen-bond donors (Lipinski definition) is 0. The van der Waals surface area contributed by atoms with E-state index in [0.717, 1.165) is 24.3 Å². The lowest BCUT2D eigenvalue weighted by atomic mass is 9.92. The van der Waals surface area contributed by atoms with Crippen molar-refractivity contribution in [1.82, 2.24) is 20.2 Å². The van der Waals surface area contributed by atoms with Gasteiger partial charge >= 0.3 is 6.09 Å². The van der Waals surface area contributed by atoms with Crippen molar-refractivity contribution >= 4 is 23.5 Å². The molecule has 7 nitrogen and oxygen atoms in total. The van der Waals surface area contributed by atoms with Crippen LogP contribution in [0.15, 0.2) is 12.1 Å². The molecule has 2 fully saturated rings. The summed E-state index contributed by atoms with van der Waals surface area (Å²) in [5.74, 6) is 0.998. The van der Waals surface area contributed by atoms with Crippen LogP contribution < -0.4 is 4.90 Å². The van der Waals surface area contributed by atoms with E-state index in [1.54, 1.807) is 18.7 Å². The lowest BCUT2D eigenvalue weighted by Crippen LogP contribution is -2.27. The normalized spacial score (nSPS) is 20.9. The first-order valence-electron chi connectivity index (χ1n) is 8.80. The predicted octanol–water partition coefficient (Wildman–Crippen LogP) is 2.90. The summed E-state index contributed by atoms with van der Waals surface area (Å²) in [7, 11) is 0. The number of anilines is 1. The van der Waals surface area contributed by atoms with Gasteiger partial charge in [-0.15, -0.1) is 10.2 Å². The molecule has 2 aliphatic heterocycles. The molecule has 0 radical (unpaired) electrons. The third-order valence-corrected chi connectivity index (χ3v) is 5.85. The van der Waals surface area contributed by atoms with Crippen LogP contribution in [0.4, 0.5) is 19.3 Å². The fourth-order valence-electron chi connectivity index (χ4n) is 3.51. The highest BCUT2D eigenvalue weighted by Gasteiger charge is 2.34. The van der Waals surface area contributed by atoms with Gasteiger partial charge in [0.15, 0.2) is 5.82 Å². The quantitative estimate of drug-likeness (QED) is 0.793. The number of tetrazole rings is 1. The minimum absolute atomic E-state index is 0.111. The lowest BCUT2D eigenvalue weighted by Gasteiger charge is -2.23. The molecule has 0 saturated carbocycles. The minimum atomic E-state index is -0.641. The van der Waals surface area contributed by atoms with Gasteiger partial charge in [-0.1, -0.05) is 0 Å². The number of carbonyl (C=O) groups is 1. The second-order valence-corrected chi connectivity index (χ2v) is 7.94. The number of thioether (sulfide) groups is 1. The molecule has 1 aromatic heterocycles. The fraction of sp³-hybridized carbons (Fsp3) is 0.529. The van der Waals surface area contributed by atoms with Crippen molar-refractivity contribution in [3.05, 3.63) is 35.2 Å². The molecule has 1 amide bonds. The highest BCUT2D eigenvalue weighted by molar-refractivity contribution is 7.99. The predicted molar refractivity (Wildman–Crippen MR) is 95.8 cm³/mol. The molecule has 0 spiro atoms. The minimum Gasteiger partial charge on any atom is -0.442 e. The van der Waals surface area contributed by atoms with E-state index in [9.17, 15) is 13.6 Å². The maximum atomic E-state index is 14.7. The topological polar surface area (TPSA) is 73.1 Å². The zero-order chi connectivity index (χ0) is 19.0. The first kappa shape index (κ1) is 18.1. The van der Waals surface area contributed by atoms with Crippen LogP contribution in [0, 0.1) is 18.6 Å². The number of amides is 1. The Balaban J connectivity index is 1.51. The zero-order valence-corrected chi connectivity index (χ0v) is 15.6. The van der Waals surface area contributed by atoms with Crippen molar-refractivity contribution in [3.63, 3.8) is 0 Å². The Morgan fingerprint density at radius 3 is 2.59 bits per heavy atom. The number of cyclic esters (lactones) is 1. The molecular formula is C17H19F2N5O2S. The Hall–Kier alpha value is -2.23. The standard InChI is InChI=1S/C17H19F2N5O2S/c1-10-20-22-24(21-10)9-13-8-23(17(25)26-13)12-6-14(18)16(15(19)7-12)11-2-4-27-5-3-11/h6-7,11,13H,2-5,8-9H2,1H3. The number of aryl methyl sites for hydroxylation is 1. The van der Waals surface area contributed by atoms with Gasteiger partial charge in [-0.2, -0.15) is 16.6 Å². The molecule has 2 aromatic rings. The number of nitrogens with zero attached hydrogens (tertiary/aromatic N) is 5. The second-order valence-electron chi connectivity index (χ2n) is 6.72. The Labute approximate surface area is 159 Å². The Morgan fingerprint density at radius 1 is 1.26 bits per heavy atom. The summed E-state index contributed by atoms with van der Waals surface area (Å²) in [5.41, 5.74) is 0.291. The van der Waals surface area contributed by atoms with E-state index < -0.39 is 23.8 Å². The SMILES string of the molecule is Cc1nnn(CC2CN(c3cc(F)c(C4CCSCC4)c(F)c3)C(=O)O2)n1. The van der Waals surface area contributed by atoms with E-state index in [2.05, 4.69) is 15.4 Å². The van der Waals surface area contributed by atoms with Crippen molar-refractivity contribution < 1.29 is 18.3 Å². The van der Waals surface area contributed by atoms with Gasteiger partial charge in [0.25, 0.3) is 0 Å². The smallest absolute Gasteiger partial charge is 0.414 e. The maximum Gasteiger partial charge on any atom is 0.414 e. The largest absolute Gasteiger partial charge is 0.442 e. The summed E-state index contributed by atoms with van der Waals surface area (Å²) < 4.78 is 34.6. The third kappa shape index (κ3) is 3.76. The molecule has 1 atom stereocenters. The van der Waals surface area contributed by atoms with Crippen molar-refractivity contribution in [3.8, 4) is 0 Å². The molecule has 27 heavy (non-hydrogen) atoms. The van der Waals surface area contributed by atoms with Crippen LogP contribution in [0.2, 0.25) is 0 Å². The third-order valence-electron chi connectivity index (χ3n) is 4.80. The van der Waals surface area contributed by atoms with E-state index in [4.69, 9.17) is 4.74 Å². The highest BCUT2D eigenvalue weighted by Crippen LogP contribution is 2.36. The van der Waals surface area contributed by atoms with Crippen molar-refractivity contribution in [2.24, 2.45) is 0 Å². The molecule has 0 bridgehead atoms. The van der Waals surface area contributed by atoms with Crippen LogP contribution in [0.5, 0.6) is 0 Å². The van der Waals surface area contributed by atoms with Crippen LogP contribution in [0.3, 0.4) is 0 Å². The lowest BCUT2D eigenvalue weighted by molar-refractivity contribution is 0.126. The van der Waals surface area contributed by atoms with Crippen LogP contribution >= 0.6 is 11.8 Å². The summed E-state index contributed by atoms with van der Waals surface area (Å²) in [4.78, 5) is 14.8. The van der Waals surface area contributed by atoms with Gasteiger partial charge in [-0.05, 0) is 54.5 Å². The molecule has 1 aromatic carbocycles. The number of carbonyl (C=O) groups excluding carboxylic acids is 1. The maximum absolute atomic E-state index is 14.7. The van der Waals surface area contributed by atoms with Crippen LogP contribution in [-0.2, 0) is 11.3 Å². The molecule has 10 heteroatoms. The first-order chi connectivity index (χ1) is 13.0. The molecule has 0 aliphatic carbocycles. The molecule has 2 aliphatic rings. The fourth-order valence-corrected chi connectivity index (χ4v) is 4.62. The van der Waals surface area contributed by atoms with Crippen molar-refractivity contribution in [2.45, 2.75) is 38.3 Å². The molecule has 4 rings (SSSR count). The van der Waals surface area contributed by atoms with Crippen molar-refractivity contribution in [1.29, 1.82) is 0 Å². The van der Waals surface area contributed by atoms with Crippen LogP contribution in [0.25, 0.3) is 0 Å². The van der Waals surface area contributed by atoms with E-state index in [1.165, 1.54) is 21.8 Å². The highest BCUT2D eigenvalue weighted by atomic mass is 32.2. The number of rotatable bonds is 4. The van der Waals surface area contributed by atoms with Gasteiger partial charge in [-0.25, -0.2) is 13.6 Å². The van der Waals surface area contributed by atoms with E-state index in [1.807, 2.05) is 0 Å². The molecule has 144 valence electrons. The summed E-state index contributed by atoms with van der Waals surface area (Å²) in [5, 5.41) is 11.6. The van der Waals surface area contributed by atoms with E-state index in [-0.39, 0.29) is 30.3 Å². The summed E-state index contributed by atoms with van der Waals surface area (Å²) >= 11 is 1.80. The number of hydrogen-bond acceptors (Lipinski definition) is 6. The number of benzene rings is 1. The second kappa shape index (κ2) is 7.41. The van der Waals surface area contributed by atoms with Gasteiger partial charge in [0.2, 0.25) is 0 Å². The first-order valence-corrected chi connectivity index (χ1v) is 9.96. The monoisotopic (exact) mass is 395 g/mol. The molecule has 2 saturated heterocycles.